The van der Waals surface area contributed by atoms with Gasteiger partial charge >= 0.3 is 0 Å². The molecule has 0 aliphatic carbocycles. The third kappa shape index (κ3) is 5.74. The van der Waals surface area contributed by atoms with E-state index in [1.165, 1.54) is 76.6 Å². The fourth-order valence-corrected chi connectivity index (χ4v) is 9.52. The molecule has 0 aliphatic rings. The van der Waals surface area contributed by atoms with Gasteiger partial charge in [0.2, 0.25) is 0 Å². The summed E-state index contributed by atoms with van der Waals surface area (Å²) < 4.78 is 4.82. The molecule has 2 aromatic heterocycles. The van der Waals surface area contributed by atoms with Gasteiger partial charge in [0.15, 0.2) is 0 Å². The summed E-state index contributed by atoms with van der Waals surface area (Å²) in [6.45, 7) is 0. The zero-order chi connectivity index (χ0) is 40.3. The number of rotatable bonds is 7. The summed E-state index contributed by atoms with van der Waals surface area (Å²) in [6, 6.07) is 85.8. The molecule has 61 heavy (non-hydrogen) atoms. The lowest BCUT2D eigenvalue weighted by Gasteiger charge is -2.28. The van der Waals surface area contributed by atoms with E-state index in [9.17, 15) is 0 Å². The molecule has 0 amide bonds. The summed E-state index contributed by atoms with van der Waals surface area (Å²) >= 11 is 0. The Morgan fingerprint density at radius 1 is 0.295 bits per heavy atom. The van der Waals surface area contributed by atoms with Crippen molar-refractivity contribution < 1.29 is 0 Å². The van der Waals surface area contributed by atoms with Gasteiger partial charge in [0, 0.05) is 55.2 Å². The van der Waals surface area contributed by atoms with E-state index in [0.717, 1.165) is 28.4 Å². The Labute approximate surface area is 354 Å². The van der Waals surface area contributed by atoms with E-state index in [1.807, 2.05) is 0 Å². The van der Waals surface area contributed by atoms with Crippen LogP contribution in [0.1, 0.15) is 0 Å². The second-order valence-electron chi connectivity index (χ2n) is 15.7. The monoisotopic (exact) mass is 777 g/mol. The average molecular weight is 778 g/mol. The van der Waals surface area contributed by atoms with Crippen molar-refractivity contribution in [3.8, 4) is 33.6 Å². The first-order valence-corrected chi connectivity index (χ1v) is 20.9. The van der Waals surface area contributed by atoms with E-state index in [2.05, 4.69) is 251 Å². The zero-order valence-corrected chi connectivity index (χ0v) is 33.4. The van der Waals surface area contributed by atoms with Gasteiger partial charge in [-0.25, -0.2) is 0 Å². The molecule has 0 aliphatic heterocycles. The molecule has 0 radical (unpaired) electrons. The SMILES string of the molecule is c1ccc(-c2ccccc2N(c2ccc(-c3ccc(-n4c5ccccc5c5ccc6ccccc6c54)cc3)cc2)c2ccc3c4ccccc4n(-c4ccccc4)c3c2)cc1. The molecule has 0 saturated carbocycles. The summed E-state index contributed by atoms with van der Waals surface area (Å²) in [4.78, 5) is 2.41. The Balaban J connectivity index is 0.984. The molecule has 0 bridgehead atoms. The molecule has 10 aromatic carbocycles. The van der Waals surface area contributed by atoms with Gasteiger partial charge < -0.3 is 14.0 Å². The Morgan fingerprint density at radius 2 is 0.820 bits per heavy atom. The fourth-order valence-electron chi connectivity index (χ4n) is 9.52. The van der Waals surface area contributed by atoms with Gasteiger partial charge in [-0.3, -0.25) is 0 Å². The van der Waals surface area contributed by atoms with E-state index >= 15 is 0 Å². The van der Waals surface area contributed by atoms with Crippen molar-refractivity contribution in [2.45, 2.75) is 0 Å². The van der Waals surface area contributed by atoms with Crippen LogP contribution in [0.25, 0.3) is 88.0 Å². The normalized spacial score (nSPS) is 11.6. The minimum Gasteiger partial charge on any atom is -0.310 e. The van der Waals surface area contributed by atoms with Crippen molar-refractivity contribution in [3.63, 3.8) is 0 Å². The molecule has 0 N–H and O–H groups in total. The number of nitrogens with zero attached hydrogens (tertiary/aromatic N) is 3. The number of aromatic nitrogens is 2. The lowest BCUT2D eigenvalue weighted by molar-refractivity contribution is 1.18. The van der Waals surface area contributed by atoms with Crippen LogP contribution in [0, 0.1) is 0 Å². The number of benzene rings is 10. The van der Waals surface area contributed by atoms with Crippen molar-refractivity contribution in [2.75, 3.05) is 4.90 Å². The summed E-state index contributed by atoms with van der Waals surface area (Å²) in [5.74, 6) is 0. The standard InChI is InChI=1S/C58H39N3/c1-3-15-42(16-4-1)48-20-9-12-24-54(48)59(47-36-38-52-50-22-10-13-25-55(50)60(57(52)39-47)44-18-5-2-6-19-44)45-32-27-40(28-33-45)41-29-34-46(35-30-41)61-56-26-14-11-23-51(56)53-37-31-43-17-7-8-21-49(43)58(53)61/h1-39H. The van der Waals surface area contributed by atoms with Crippen LogP contribution in [0.15, 0.2) is 237 Å². The maximum absolute atomic E-state index is 2.43. The Kier molecular flexibility index (Phi) is 8.17. The summed E-state index contributed by atoms with van der Waals surface area (Å²) in [7, 11) is 0. The third-order valence-corrected chi connectivity index (χ3v) is 12.3. The minimum absolute atomic E-state index is 1.09. The quantitative estimate of drug-likeness (QED) is 0.157. The highest BCUT2D eigenvalue weighted by Crippen LogP contribution is 2.44. The molecular formula is C58H39N3. The second-order valence-corrected chi connectivity index (χ2v) is 15.7. The zero-order valence-electron chi connectivity index (χ0n) is 33.4. The maximum Gasteiger partial charge on any atom is 0.0619 e. The van der Waals surface area contributed by atoms with Crippen LogP contribution < -0.4 is 4.90 Å². The van der Waals surface area contributed by atoms with E-state index < -0.39 is 0 Å². The molecule has 12 aromatic rings. The molecule has 0 saturated heterocycles. The molecule has 0 unspecified atom stereocenters. The van der Waals surface area contributed by atoms with Gasteiger partial charge in [0.25, 0.3) is 0 Å². The highest BCUT2D eigenvalue weighted by molar-refractivity contribution is 6.18. The molecule has 12 rings (SSSR count). The van der Waals surface area contributed by atoms with Gasteiger partial charge in [0.05, 0.1) is 27.8 Å². The van der Waals surface area contributed by atoms with Crippen molar-refractivity contribution in [2.24, 2.45) is 0 Å². The predicted octanol–water partition coefficient (Wildman–Crippen LogP) is 15.8. The first kappa shape index (κ1) is 34.9. The van der Waals surface area contributed by atoms with Crippen LogP contribution in [-0.2, 0) is 0 Å². The molecule has 3 nitrogen and oxygen atoms in total. The van der Waals surface area contributed by atoms with E-state index in [-0.39, 0.29) is 0 Å². The highest BCUT2D eigenvalue weighted by atomic mass is 15.1. The number of hydrogen-bond donors (Lipinski definition) is 0. The number of hydrogen-bond acceptors (Lipinski definition) is 1. The van der Waals surface area contributed by atoms with Crippen LogP contribution in [-0.4, -0.2) is 9.13 Å². The fraction of sp³-hybridized carbons (Fsp3) is 0. The molecule has 0 atom stereocenters. The van der Waals surface area contributed by atoms with Crippen LogP contribution >= 0.6 is 0 Å². The topological polar surface area (TPSA) is 13.1 Å². The van der Waals surface area contributed by atoms with Crippen molar-refractivity contribution >= 4 is 71.4 Å². The Morgan fingerprint density at radius 3 is 1.57 bits per heavy atom. The van der Waals surface area contributed by atoms with E-state index in [0.29, 0.717) is 0 Å². The van der Waals surface area contributed by atoms with E-state index in [4.69, 9.17) is 0 Å². The minimum atomic E-state index is 1.09. The van der Waals surface area contributed by atoms with Gasteiger partial charge in [-0.15, -0.1) is 0 Å². The molecular weight excluding hydrogens is 739 g/mol. The summed E-state index contributed by atoms with van der Waals surface area (Å²) in [5, 5.41) is 7.51. The van der Waals surface area contributed by atoms with Crippen molar-refractivity contribution in [1.29, 1.82) is 0 Å². The smallest absolute Gasteiger partial charge is 0.0619 e. The second kappa shape index (κ2) is 14.3. The van der Waals surface area contributed by atoms with E-state index in [1.54, 1.807) is 0 Å². The molecule has 0 spiro atoms. The average Bonchev–Trinajstić information content (AvgIpc) is 3.86. The number of anilines is 3. The van der Waals surface area contributed by atoms with Gasteiger partial charge in [-0.05, 0) is 88.8 Å². The Hall–Kier alpha value is -8.14. The molecule has 0 fully saturated rings. The van der Waals surface area contributed by atoms with Crippen LogP contribution in [0.5, 0.6) is 0 Å². The predicted molar refractivity (Wildman–Crippen MR) is 258 cm³/mol. The van der Waals surface area contributed by atoms with Crippen LogP contribution in [0.2, 0.25) is 0 Å². The lowest BCUT2D eigenvalue weighted by atomic mass is 10.0. The lowest BCUT2D eigenvalue weighted by Crippen LogP contribution is -2.11. The molecule has 3 heteroatoms. The molecule has 286 valence electrons. The summed E-state index contributed by atoms with van der Waals surface area (Å²) in [5.41, 5.74) is 15.1. The van der Waals surface area contributed by atoms with Crippen LogP contribution in [0.3, 0.4) is 0 Å². The number of para-hydroxylation sites is 4. The van der Waals surface area contributed by atoms with Gasteiger partial charge in [-0.1, -0.05) is 170 Å². The summed E-state index contributed by atoms with van der Waals surface area (Å²) in [6.07, 6.45) is 0. The van der Waals surface area contributed by atoms with Gasteiger partial charge in [0.1, 0.15) is 0 Å². The largest absolute Gasteiger partial charge is 0.310 e. The Bertz CT molecular complexity index is 3560. The first-order chi connectivity index (χ1) is 30.3. The van der Waals surface area contributed by atoms with Crippen molar-refractivity contribution in [3.05, 3.63) is 237 Å². The van der Waals surface area contributed by atoms with Crippen LogP contribution in [0.4, 0.5) is 17.1 Å². The highest BCUT2D eigenvalue weighted by Gasteiger charge is 2.21. The van der Waals surface area contributed by atoms with Gasteiger partial charge in [-0.2, -0.15) is 0 Å². The maximum atomic E-state index is 2.43. The third-order valence-electron chi connectivity index (χ3n) is 12.3. The number of fused-ring (bicyclic) bond motifs is 8. The molecule has 2 heterocycles. The first-order valence-electron chi connectivity index (χ1n) is 20.9. The van der Waals surface area contributed by atoms with Crippen molar-refractivity contribution in [1.82, 2.24) is 9.13 Å².